The van der Waals surface area contributed by atoms with Crippen LogP contribution in [0.3, 0.4) is 0 Å². The molecule has 2 aliphatic rings. The number of thiazole rings is 1. The number of nitrogens with one attached hydrogen (secondary N) is 2. The van der Waals surface area contributed by atoms with E-state index in [1.807, 2.05) is 20.8 Å². The van der Waals surface area contributed by atoms with Crippen LogP contribution in [0.4, 0.5) is 4.79 Å². The SMILES string of the molecule is CN1CCc2nc(C(=O)N[C@@H]3CCCC[C@@H]3NC(=O)OC(C)(C)C)sc2C1. The quantitative estimate of drug-likeness (QED) is 0.824. The first-order valence-electron chi connectivity index (χ1n) is 9.69. The van der Waals surface area contributed by atoms with Gasteiger partial charge in [-0.2, -0.15) is 0 Å². The Morgan fingerprint density at radius 1 is 1.19 bits per heavy atom. The van der Waals surface area contributed by atoms with Crippen LogP contribution in [0, 0.1) is 0 Å². The number of rotatable bonds is 3. The molecular weight excluding hydrogens is 364 g/mol. The standard InChI is InChI=1S/C19H30N4O3S/c1-19(2,3)26-18(25)22-13-8-6-5-7-12(13)20-16(24)17-21-14-9-10-23(4)11-15(14)27-17/h12-13H,5-11H2,1-4H3,(H,20,24)(H,22,25)/t12-,13+/m1/s1. The van der Waals surface area contributed by atoms with Gasteiger partial charge >= 0.3 is 6.09 Å². The Labute approximate surface area is 164 Å². The predicted octanol–water partition coefficient (Wildman–Crippen LogP) is 2.70. The minimum atomic E-state index is -0.537. The van der Waals surface area contributed by atoms with Gasteiger partial charge in [0.05, 0.1) is 11.7 Å². The molecule has 2 amide bonds. The second kappa shape index (κ2) is 8.14. The number of likely N-dealkylation sites (N-methyl/N-ethyl adjacent to an activating group) is 1. The van der Waals surface area contributed by atoms with E-state index in [0.717, 1.165) is 50.9 Å². The smallest absolute Gasteiger partial charge is 0.407 e. The average Bonchev–Trinajstić information content (AvgIpc) is 2.98. The van der Waals surface area contributed by atoms with Crippen LogP contribution >= 0.6 is 11.3 Å². The highest BCUT2D eigenvalue weighted by Gasteiger charge is 2.31. The number of carbonyl (C=O) groups excluding carboxylic acids is 2. The van der Waals surface area contributed by atoms with Gasteiger partial charge in [-0.25, -0.2) is 9.78 Å². The van der Waals surface area contributed by atoms with Crippen LogP contribution in [0.25, 0.3) is 0 Å². The Kier molecular flexibility index (Phi) is 6.05. The summed E-state index contributed by atoms with van der Waals surface area (Å²) in [6, 6.07) is -0.208. The van der Waals surface area contributed by atoms with Gasteiger partial charge in [0.2, 0.25) is 0 Å². The van der Waals surface area contributed by atoms with Gasteiger partial charge in [-0.05, 0) is 40.7 Å². The molecule has 150 valence electrons. The molecule has 0 aromatic carbocycles. The van der Waals surface area contributed by atoms with Crippen LogP contribution in [0.15, 0.2) is 0 Å². The number of hydrogen-bond donors (Lipinski definition) is 2. The Hall–Kier alpha value is -1.67. The van der Waals surface area contributed by atoms with Crippen LogP contribution < -0.4 is 10.6 Å². The summed E-state index contributed by atoms with van der Waals surface area (Å²) in [6.45, 7) is 7.35. The van der Waals surface area contributed by atoms with E-state index in [4.69, 9.17) is 4.74 Å². The molecule has 2 N–H and O–H groups in total. The molecule has 1 aliphatic heterocycles. The molecule has 0 saturated heterocycles. The van der Waals surface area contributed by atoms with Crippen molar-refractivity contribution >= 4 is 23.3 Å². The summed E-state index contributed by atoms with van der Waals surface area (Å²) < 4.78 is 5.37. The van der Waals surface area contributed by atoms with Crippen molar-refractivity contribution in [2.24, 2.45) is 0 Å². The third-order valence-electron chi connectivity index (χ3n) is 4.90. The molecule has 27 heavy (non-hydrogen) atoms. The molecule has 0 bridgehead atoms. The summed E-state index contributed by atoms with van der Waals surface area (Å²) in [6.07, 6.45) is 4.22. The van der Waals surface area contributed by atoms with Crippen molar-refractivity contribution in [3.8, 4) is 0 Å². The molecular formula is C19H30N4O3S. The summed E-state index contributed by atoms with van der Waals surface area (Å²) in [5.41, 5.74) is 0.514. The summed E-state index contributed by atoms with van der Waals surface area (Å²) in [4.78, 5) is 32.9. The fourth-order valence-electron chi connectivity index (χ4n) is 3.59. The van der Waals surface area contributed by atoms with Gasteiger partial charge in [-0.1, -0.05) is 12.8 Å². The van der Waals surface area contributed by atoms with E-state index < -0.39 is 11.7 Å². The van der Waals surface area contributed by atoms with Gasteiger partial charge in [0.15, 0.2) is 5.01 Å². The number of carbonyl (C=O) groups is 2. The highest BCUT2D eigenvalue weighted by molar-refractivity contribution is 7.13. The van der Waals surface area contributed by atoms with Gasteiger partial charge in [0.1, 0.15) is 5.60 Å². The van der Waals surface area contributed by atoms with Crippen LogP contribution in [-0.4, -0.2) is 53.2 Å². The Bertz CT molecular complexity index is 698. The van der Waals surface area contributed by atoms with Crippen molar-refractivity contribution in [2.75, 3.05) is 13.6 Å². The second-order valence-electron chi connectivity index (χ2n) is 8.49. The van der Waals surface area contributed by atoms with Gasteiger partial charge in [-0.3, -0.25) is 4.79 Å². The molecule has 1 fully saturated rings. The van der Waals surface area contributed by atoms with E-state index in [9.17, 15) is 9.59 Å². The van der Waals surface area contributed by atoms with Gasteiger partial charge in [0, 0.05) is 30.4 Å². The zero-order chi connectivity index (χ0) is 19.6. The van der Waals surface area contributed by atoms with E-state index in [0.29, 0.717) is 5.01 Å². The summed E-state index contributed by atoms with van der Waals surface area (Å²) in [5, 5.41) is 6.56. The van der Waals surface area contributed by atoms with Crippen molar-refractivity contribution in [2.45, 2.75) is 77.1 Å². The largest absolute Gasteiger partial charge is 0.444 e. The molecule has 1 saturated carbocycles. The topological polar surface area (TPSA) is 83.6 Å². The van der Waals surface area contributed by atoms with Crippen molar-refractivity contribution in [1.29, 1.82) is 0 Å². The normalized spacial score (nSPS) is 23.4. The van der Waals surface area contributed by atoms with E-state index in [1.165, 1.54) is 16.2 Å². The van der Waals surface area contributed by atoms with Crippen LogP contribution in [0.2, 0.25) is 0 Å². The lowest BCUT2D eigenvalue weighted by molar-refractivity contribution is 0.0475. The maximum atomic E-state index is 12.8. The third-order valence-corrected chi connectivity index (χ3v) is 5.98. The highest BCUT2D eigenvalue weighted by Crippen LogP contribution is 2.25. The number of amides is 2. The van der Waals surface area contributed by atoms with E-state index in [-0.39, 0.29) is 18.0 Å². The Morgan fingerprint density at radius 3 is 2.52 bits per heavy atom. The van der Waals surface area contributed by atoms with E-state index in [2.05, 4.69) is 27.6 Å². The molecule has 0 spiro atoms. The molecule has 2 atom stereocenters. The average molecular weight is 395 g/mol. The summed E-state index contributed by atoms with van der Waals surface area (Å²) in [5.74, 6) is -0.139. The Morgan fingerprint density at radius 2 is 1.85 bits per heavy atom. The van der Waals surface area contributed by atoms with Gasteiger partial charge in [0.25, 0.3) is 5.91 Å². The van der Waals surface area contributed by atoms with Crippen LogP contribution in [0.5, 0.6) is 0 Å². The third kappa shape index (κ3) is 5.42. The van der Waals surface area contributed by atoms with Crippen molar-refractivity contribution in [3.63, 3.8) is 0 Å². The molecule has 3 rings (SSSR count). The monoisotopic (exact) mass is 394 g/mol. The number of aromatic nitrogens is 1. The number of fused-ring (bicyclic) bond motifs is 1. The molecule has 8 heteroatoms. The lowest BCUT2D eigenvalue weighted by Crippen LogP contribution is -2.53. The first-order chi connectivity index (χ1) is 12.7. The minimum absolute atomic E-state index is 0.0950. The zero-order valence-electron chi connectivity index (χ0n) is 16.6. The first-order valence-corrected chi connectivity index (χ1v) is 10.5. The molecule has 1 aromatic heterocycles. The Balaban J connectivity index is 1.62. The second-order valence-corrected chi connectivity index (χ2v) is 9.58. The molecule has 1 aromatic rings. The van der Waals surface area contributed by atoms with Crippen molar-refractivity contribution in [1.82, 2.24) is 20.5 Å². The first kappa shape index (κ1) is 20.1. The minimum Gasteiger partial charge on any atom is -0.444 e. The van der Waals surface area contributed by atoms with Gasteiger partial charge < -0.3 is 20.3 Å². The number of alkyl carbamates (subject to hydrolysis) is 1. The van der Waals surface area contributed by atoms with E-state index >= 15 is 0 Å². The zero-order valence-corrected chi connectivity index (χ0v) is 17.4. The number of nitrogens with zero attached hydrogens (tertiary/aromatic N) is 2. The summed E-state index contributed by atoms with van der Waals surface area (Å²) in [7, 11) is 2.08. The maximum Gasteiger partial charge on any atom is 0.407 e. The van der Waals surface area contributed by atoms with Gasteiger partial charge in [-0.15, -0.1) is 11.3 Å². The fourth-order valence-corrected chi connectivity index (χ4v) is 4.68. The van der Waals surface area contributed by atoms with Crippen LogP contribution in [0.1, 0.15) is 66.8 Å². The molecule has 0 unspecified atom stereocenters. The predicted molar refractivity (Wildman–Crippen MR) is 105 cm³/mol. The van der Waals surface area contributed by atoms with Crippen LogP contribution in [-0.2, 0) is 17.7 Å². The molecule has 2 heterocycles. The lowest BCUT2D eigenvalue weighted by Gasteiger charge is -2.33. The lowest BCUT2D eigenvalue weighted by atomic mass is 9.90. The fraction of sp³-hybridized carbons (Fsp3) is 0.737. The molecule has 7 nitrogen and oxygen atoms in total. The summed E-state index contributed by atoms with van der Waals surface area (Å²) >= 11 is 1.48. The maximum absolute atomic E-state index is 12.8. The molecule has 1 aliphatic carbocycles. The van der Waals surface area contributed by atoms with Crippen molar-refractivity contribution < 1.29 is 14.3 Å². The van der Waals surface area contributed by atoms with Crippen molar-refractivity contribution in [3.05, 3.63) is 15.6 Å². The number of ether oxygens (including phenoxy) is 1. The molecule has 0 radical (unpaired) electrons. The highest BCUT2D eigenvalue weighted by atomic mass is 32.1. The number of hydrogen-bond acceptors (Lipinski definition) is 6. The van der Waals surface area contributed by atoms with E-state index in [1.54, 1.807) is 0 Å².